The highest BCUT2D eigenvalue weighted by atomic mass is 16.5. The quantitative estimate of drug-likeness (QED) is 0.441. The first-order valence-corrected chi connectivity index (χ1v) is 5.63. The van der Waals surface area contributed by atoms with E-state index in [0.717, 1.165) is 19.3 Å². The molecule has 1 heterocycles. The maximum atomic E-state index is 5.59. The molecular weight excluding hydrogens is 220 g/mol. The van der Waals surface area contributed by atoms with Crippen LogP contribution in [0.5, 0.6) is 0 Å². The first kappa shape index (κ1) is 11.9. The van der Waals surface area contributed by atoms with E-state index in [1.165, 1.54) is 0 Å². The fraction of sp³-hybridized carbons (Fsp3) is 0.600. The molecule has 94 valence electrons. The summed E-state index contributed by atoms with van der Waals surface area (Å²) in [4.78, 5) is 8.04. The second kappa shape index (κ2) is 5.15. The zero-order valence-corrected chi connectivity index (χ0v) is 9.81. The van der Waals surface area contributed by atoms with Crippen molar-refractivity contribution in [3.8, 4) is 0 Å². The first-order valence-electron chi connectivity index (χ1n) is 5.63. The third-order valence-corrected chi connectivity index (χ3v) is 2.98. The largest absolute Gasteiger partial charge is 0.379 e. The second-order valence-electron chi connectivity index (χ2n) is 4.10. The molecule has 2 atom stereocenters. The van der Waals surface area contributed by atoms with Gasteiger partial charge < -0.3 is 21.2 Å². The normalized spacial score (nSPS) is 23.6. The summed E-state index contributed by atoms with van der Waals surface area (Å²) in [6.07, 6.45) is 3.50. The van der Waals surface area contributed by atoms with E-state index in [4.69, 9.17) is 16.3 Å². The van der Waals surface area contributed by atoms with Crippen molar-refractivity contribution in [3.63, 3.8) is 0 Å². The number of hydrogen-bond donors (Lipinski definition) is 4. The summed E-state index contributed by atoms with van der Waals surface area (Å²) >= 11 is 0. The highest BCUT2D eigenvalue weighted by molar-refractivity contribution is 5.51. The molecule has 7 heteroatoms. The zero-order valence-electron chi connectivity index (χ0n) is 9.81. The lowest BCUT2D eigenvalue weighted by Crippen LogP contribution is -2.30. The maximum Gasteiger partial charge on any atom is 0.223 e. The Balaban J connectivity index is 2.09. The SMILES string of the molecule is COC1CCCC1Nc1cc(NN)nc(N)n1. The molecule has 1 saturated carbocycles. The molecule has 0 aliphatic heterocycles. The summed E-state index contributed by atoms with van der Waals surface area (Å²) in [6, 6.07) is 1.99. The molecule has 0 spiro atoms. The summed E-state index contributed by atoms with van der Waals surface area (Å²) in [6.45, 7) is 0. The molecule has 7 nitrogen and oxygen atoms in total. The van der Waals surface area contributed by atoms with Crippen LogP contribution in [0.15, 0.2) is 6.07 Å². The van der Waals surface area contributed by atoms with E-state index in [9.17, 15) is 0 Å². The number of methoxy groups -OCH3 is 1. The summed E-state index contributed by atoms with van der Waals surface area (Å²) in [5, 5.41) is 3.31. The molecule has 0 saturated heterocycles. The number of aromatic nitrogens is 2. The number of nitrogens with two attached hydrogens (primary N) is 2. The third-order valence-electron chi connectivity index (χ3n) is 2.98. The number of hydrogen-bond acceptors (Lipinski definition) is 7. The average Bonchev–Trinajstić information content (AvgIpc) is 2.75. The van der Waals surface area contributed by atoms with Crippen molar-refractivity contribution in [2.75, 3.05) is 23.6 Å². The zero-order chi connectivity index (χ0) is 12.3. The standard InChI is InChI=1S/C10H18N6O/c1-17-7-4-2-3-6(7)13-8-5-9(16-12)15-10(11)14-8/h5-7H,2-4,12H2,1H3,(H4,11,13,14,15,16). The Hall–Kier alpha value is -1.60. The van der Waals surface area contributed by atoms with E-state index in [1.807, 2.05) is 0 Å². The number of ether oxygens (including phenoxy) is 1. The Kier molecular flexibility index (Phi) is 3.60. The molecule has 0 aromatic carbocycles. The van der Waals surface area contributed by atoms with Crippen LogP contribution >= 0.6 is 0 Å². The third kappa shape index (κ3) is 2.75. The molecule has 0 radical (unpaired) electrons. The first-order chi connectivity index (χ1) is 8.22. The monoisotopic (exact) mass is 238 g/mol. The van der Waals surface area contributed by atoms with Gasteiger partial charge in [0, 0.05) is 13.2 Å². The minimum Gasteiger partial charge on any atom is -0.379 e. The van der Waals surface area contributed by atoms with Gasteiger partial charge in [-0.25, -0.2) is 5.84 Å². The van der Waals surface area contributed by atoms with Crippen LogP contribution < -0.4 is 22.3 Å². The van der Waals surface area contributed by atoms with Crippen molar-refractivity contribution in [2.24, 2.45) is 5.84 Å². The Morgan fingerprint density at radius 3 is 2.82 bits per heavy atom. The van der Waals surface area contributed by atoms with Crippen molar-refractivity contribution in [1.29, 1.82) is 0 Å². The van der Waals surface area contributed by atoms with E-state index in [2.05, 4.69) is 20.7 Å². The summed E-state index contributed by atoms with van der Waals surface area (Å²) in [5.41, 5.74) is 8.04. The van der Waals surface area contributed by atoms with Gasteiger partial charge in [-0.3, -0.25) is 0 Å². The van der Waals surface area contributed by atoms with Gasteiger partial charge in [0.15, 0.2) is 0 Å². The van der Waals surface area contributed by atoms with Crippen LogP contribution in [0.1, 0.15) is 19.3 Å². The van der Waals surface area contributed by atoms with Crippen LogP contribution in [0.2, 0.25) is 0 Å². The Labute approximate surface area is 99.9 Å². The van der Waals surface area contributed by atoms with Gasteiger partial charge in [0.25, 0.3) is 0 Å². The van der Waals surface area contributed by atoms with Crippen molar-refractivity contribution < 1.29 is 4.74 Å². The van der Waals surface area contributed by atoms with Gasteiger partial charge in [0.2, 0.25) is 5.95 Å². The predicted octanol–water partition coefficient (Wildman–Crippen LogP) is 0.324. The molecule has 17 heavy (non-hydrogen) atoms. The van der Waals surface area contributed by atoms with E-state index in [0.29, 0.717) is 11.6 Å². The molecule has 0 amide bonds. The molecule has 6 N–H and O–H groups in total. The van der Waals surface area contributed by atoms with Gasteiger partial charge in [-0.2, -0.15) is 9.97 Å². The maximum absolute atomic E-state index is 5.59. The molecule has 2 rings (SSSR count). The number of rotatable bonds is 4. The highest BCUT2D eigenvalue weighted by Crippen LogP contribution is 2.25. The molecule has 1 aliphatic rings. The molecule has 1 aromatic heterocycles. The molecule has 2 unspecified atom stereocenters. The van der Waals surface area contributed by atoms with Gasteiger partial charge in [-0.1, -0.05) is 0 Å². The molecular formula is C10H18N6O. The van der Waals surface area contributed by atoms with Crippen LogP contribution in [-0.2, 0) is 4.74 Å². The van der Waals surface area contributed by atoms with Crippen LogP contribution in [0.3, 0.4) is 0 Å². The number of nitrogens with one attached hydrogen (secondary N) is 2. The lowest BCUT2D eigenvalue weighted by molar-refractivity contribution is 0.101. The molecule has 0 bridgehead atoms. The van der Waals surface area contributed by atoms with E-state index < -0.39 is 0 Å². The lowest BCUT2D eigenvalue weighted by Gasteiger charge is -2.20. The number of nitrogen functional groups attached to an aromatic ring is 2. The van der Waals surface area contributed by atoms with Gasteiger partial charge in [-0.05, 0) is 19.3 Å². The molecule has 1 aliphatic carbocycles. The van der Waals surface area contributed by atoms with Crippen LogP contribution in [0, 0.1) is 0 Å². The minimum atomic E-state index is 0.190. The Bertz CT molecular complexity index is 385. The highest BCUT2D eigenvalue weighted by Gasteiger charge is 2.27. The van der Waals surface area contributed by atoms with E-state index in [1.54, 1.807) is 13.2 Å². The van der Waals surface area contributed by atoms with E-state index in [-0.39, 0.29) is 18.1 Å². The van der Waals surface area contributed by atoms with Crippen molar-refractivity contribution in [3.05, 3.63) is 6.07 Å². The molecule has 1 aromatic rings. The van der Waals surface area contributed by atoms with Gasteiger partial charge in [0.05, 0.1) is 12.1 Å². The topological polar surface area (TPSA) is 111 Å². The Morgan fingerprint density at radius 2 is 2.12 bits per heavy atom. The molecule has 1 fully saturated rings. The summed E-state index contributed by atoms with van der Waals surface area (Å²) < 4.78 is 5.41. The fourth-order valence-electron chi connectivity index (χ4n) is 2.18. The number of anilines is 3. The van der Waals surface area contributed by atoms with Crippen LogP contribution in [0.25, 0.3) is 0 Å². The average molecular weight is 238 g/mol. The smallest absolute Gasteiger partial charge is 0.223 e. The Morgan fingerprint density at radius 1 is 1.35 bits per heavy atom. The van der Waals surface area contributed by atoms with Crippen LogP contribution in [-0.4, -0.2) is 29.2 Å². The van der Waals surface area contributed by atoms with Crippen LogP contribution in [0.4, 0.5) is 17.6 Å². The second-order valence-corrected chi connectivity index (χ2v) is 4.10. The summed E-state index contributed by atoms with van der Waals surface area (Å²) in [7, 11) is 1.73. The summed E-state index contributed by atoms with van der Waals surface area (Å²) in [5.74, 6) is 6.65. The van der Waals surface area contributed by atoms with Crippen molar-refractivity contribution in [1.82, 2.24) is 9.97 Å². The number of hydrazine groups is 1. The van der Waals surface area contributed by atoms with Crippen molar-refractivity contribution >= 4 is 17.6 Å². The van der Waals surface area contributed by atoms with Gasteiger partial charge in [-0.15, -0.1) is 0 Å². The van der Waals surface area contributed by atoms with Gasteiger partial charge >= 0.3 is 0 Å². The lowest BCUT2D eigenvalue weighted by atomic mass is 10.2. The number of nitrogens with zero attached hydrogens (tertiary/aromatic N) is 2. The minimum absolute atomic E-state index is 0.190. The van der Waals surface area contributed by atoms with Crippen molar-refractivity contribution in [2.45, 2.75) is 31.4 Å². The fourth-order valence-corrected chi connectivity index (χ4v) is 2.18. The van der Waals surface area contributed by atoms with E-state index >= 15 is 0 Å². The predicted molar refractivity (Wildman–Crippen MR) is 66.3 cm³/mol. The van der Waals surface area contributed by atoms with Gasteiger partial charge in [0.1, 0.15) is 11.6 Å².